The molecule has 0 spiro atoms. The number of anilines is 1. The maximum atomic E-state index is 12.6. The van der Waals surface area contributed by atoms with Crippen LogP contribution in [0.2, 0.25) is 0 Å². The second-order valence-corrected chi connectivity index (χ2v) is 8.91. The van der Waals surface area contributed by atoms with Gasteiger partial charge in [-0.05, 0) is 20.3 Å². The Bertz CT molecular complexity index is 846. The molecule has 144 valence electrons. The van der Waals surface area contributed by atoms with Gasteiger partial charge in [0.1, 0.15) is 28.6 Å². The van der Waals surface area contributed by atoms with Gasteiger partial charge >= 0.3 is 11.9 Å². The van der Waals surface area contributed by atoms with E-state index in [2.05, 4.69) is 0 Å². The van der Waals surface area contributed by atoms with Crippen LogP contribution in [0.15, 0.2) is 0 Å². The Morgan fingerprint density at radius 1 is 1.44 bits per heavy atom. The summed E-state index contributed by atoms with van der Waals surface area (Å²) in [6, 6.07) is 1.28. The van der Waals surface area contributed by atoms with Gasteiger partial charge in [-0.1, -0.05) is 0 Å². The molecule has 10 heteroatoms. The predicted octanol–water partition coefficient (Wildman–Crippen LogP) is 1.88. The smallest absolute Gasteiger partial charge is 0.348 e. The van der Waals surface area contributed by atoms with Crippen LogP contribution in [0.25, 0.3) is 0 Å². The van der Waals surface area contributed by atoms with Crippen molar-refractivity contribution in [3.63, 3.8) is 0 Å². The van der Waals surface area contributed by atoms with E-state index < -0.39 is 18.0 Å². The Balaban J connectivity index is 1.77. The maximum absolute atomic E-state index is 12.6. The number of thiophene rings is 1. The summed E-state index contributed by atoms with van der Waals surface area (Å²) in [5.41, 5.74) is 6.17. The van der Waals surface area contributed by atoms with E-state index in [1.807, 2.05) is 13.0 Å². The van der Waals surface area contributed by atoms with Gasteiger partial charge in [-0.3, -0.25) is 4.79 Å². The maximum Gasteiger partial charge on any atom is 0.348 e. The van der Waals surface area contributed by atoms with Crippen molar-refractivity contribution >= 4 is 45.9 Å². The van der Waals surface area contributed by atoms with Crippen molar-refractivity contribution in [1.29, 1.82) is 5.26 Å². The molecule has 0 saturated carbocycles. The lowest BCUT2D eigenvalue weighted by molar-refractivity contribution is -0.154. The molecule has 8 nitrogen and oxygen atoms in total. The molecule has 27 heavy (non-hydrogen) atoms. The molecule has 1 aromatic rings. The van der Waals surface area contributed by atoms with Crippen molar-refractivity contribution in [3.8, 4) is 6.07 Å². The second-order valence-electron chi connectivity index (χ2n) is 6.35. The largest absolute Gasteiger partial charge is 0.462 e. The van der Waals surface area contributed by atoms with Crippen LogP contribution in [0.5, 0.6) is 0 Å². The highest BCUT2D eigenvalue weighted by molar-refractivity contribution is 8.01. The molecule has 2 atom stereocenters. The summed E-state index contributed by atoms with van der Waals surface area (Å²) < 4.78 is 10.4. The van der Waals surface area contributed by atoms with E-state index in [0.717, 1.165) is 11.3 Å². The van der Waals surface area contributed by atoms with Crippen molar-refractivity contribution in [1.82, 2.24) is 4.90 Å². The average molecular weight is 409 g/mol. The Labute approximate surface area is 164 Å². The predicted molar refractivity (Wildman–Crippen MR) is 99.9 cm³/mol. The topological polar surface area (TPSA) is 123 Å². The number of esters is 2. The lowest BCUT2D eigenvalue weighted by atomic mass is 10.1. The highest BCUT2D eigenvalue weighted by Gasteiger charge is 2.53. The molecule has 2 saturated heterocycles. The van der Waals surface area contributed by atoms with Gasteiger partial charge in [0.05, 0.1) is 17.0 Å². The number of nitrogens with two attached hydrogens (primary N) is 1. The van der Waals surface area contributed by atoms with Crippen LogP contribution in [-0.4, -0.2) is 46.0 Å². The van der Waals surface area contributed by atoms with Gasteiger partial charge in [-0.25, -0.2) is 9.59 Å². The zero-order valence-electron chi connectivity index (χ0n) is 14.9. The molecule has 0 aromatic carbocycles. The first-order valence-electron chi connectivity index (χ1n) is 8.43. The Morgan fingerprint density at radius 3 is 2.85 bits per heavy atom. The number of fused-ring (bicyclic) bond motifs is 1. The fourth-order valence-electron chi connectivity index (χ4n) is 3.34. The number of amides is 1. The average Bonchev–Trinajstić information content (AvgIpc) is 3.24. The quantitative estimate of drug-likeness (QED) is 0.731. The molecular weight excluding hydrogens is 390 g/mol. The number of nitrogen functional groups attached to an aromatic ring is 1. The van der Waals surface area contributed by atoms with Crippen LogP contribution >= 0.6 is 23.1 Å². The van der Waals surface area contributed by atoms with Crippen LogP contribution in [0.1, 0.15) is 47.5 Å². The molecule has 1 aromatic heterocycles. The van der Waals surface area contributed by atoms with E-state index in [4.69, 9.17) is 15.2 Å². The molecule has 0 radical (unpaired) electrons. The summed E-state index contributed by atoms with van der Waals surface area (Å²) in [6.45, 7) is 3.51. The molecule has 0 bridgehead atoms. The summed E-state index contributed by atoms with van der Waals surface area (Å²) in [6.07, 6.45) is 1.12. The summed E-state index contributed by atoms with van der Waals surface area (Å²) in [5.74, 6) is -0.762. The van der Waals surface area contributed by atoms with Crippen LogP contribution in [0, 0.1) is 11.3 Å². The number of hydrogen-bond donors (Lipinski definition) is 1. The van der Waals surface area contributed by atoms with Gasteiger partial charge < -0.3 is 20.1 Å². The number of carbonyl (C=O) groups excluding carboxylic acids is 3. The van der Waals surface area contributed by atoms with Crippen molar-refractivity contribution in [2.45, 2.75) is 44.2 Å². The number of thioether (sulfide) groups is 1. The van der Waals surface area contributed by atoms with E-state index >= 15 is 0 Å². The van der Waals surface area contributed by atoms with Crippen molar-refractivity contribution in [2.24, 2.45) is 0 Å². The van der Waals surface area contributed by atoms with E-state index in [0.29, 0.717) is 18.6 Å². The highest BCUT2D eigenvalue weighted by Crippen LogP contribution is 2.47. The van der Waals surface area contributed by atoms with Gasteiger partial charge in [0.2, 0.25) is 5.91 Å². The number of hydrogen-bond acceptors (Lipinski definition) is 9. The Morgan fingerprint density at radius 2 is 2.19 bits per heavy atom. The van der Waals surface area contributed by atoms with Gasteiger partial charge in [-0.2, -0.15) is 5.26 Å². The lowest BCUT2D eigenvalue weighted by Crippen LogP contribution is -2.46. The van der Waals surface area contributed by atoms with Gasteiger partial charge in [-0.15, -0.1) is 23.1 Å². The van der Waals surface area contributed by atoms with Gasteiger partial charge in [0, 0.05) is 17.7 Å². The molecule has 0 unspecified atom stereocenters. The van der Waals surface area contributed by atoms with E-state index in [-0.39, 0.29) is 45.0 Å². The normalized spacial score (nSPS) is 23.8. The van der Waals surface area contributed by atoms with Crippen molar-refractivity contribution < 1.29 is 23.9 Å². The molecule has 2 fully saturated rings. The highest BCUT2D eigenvalue weighted by atomic mass is 32.2. The standard InChI is InChI=1S/C17H19N3O5S2/c1-3-24-16(23)13-10(9(6-18)14(19)27-13)7-25-15(22)11-8-26-17(2)5-4-12(21)20(11)17/h11H,3-5,7-8,19H2,1-2H3/t11-,17+/m0/s1. The van der Waals surface area contributed by atoms with Gasteiger partial charge in [0.25, 0.3) is 0 Å². The number of ether oxygens (including phenoxy) is 2. The molecule has 2 N–H and O–H groups in total. The summed E-state index contributed by atoms with van der Waals surface area (Å²) >= 11 is 2.50. The molecule has 3 heterocycles. The summed E-state index contributed by atoms with van der Waals surface area (Å²) in [5, 5.41) is 9.49. The molecule has 2 aliphatic rings. The van der Waals surface area contributed by atoms with Crippen molar-refractivity contribution in [2.75, 3.05) is 18.1 Å². The summed E-state index contributed by atoms with van der Waals surface area (Å²) in [4.78, 5) is 38.2. The van der Waals surface area contributed by atoms with Crippen LogP contribution in [0.4, 0.5) is 5.00 Å². The zero-order chi connectivity index (χ0) is 19.8. The first kappa shape index (κ1) is 19.5. The van der Waals surface area contributed by atoms with Crippen LogP contribution in [0.3, 0.4) is 0 Å². The minimum atomic E-state index is -0.664. The number of carbonyl (C=O) groups is 3. The fourth-order valence-corrected chi connectivity index (χ4v) is 5.68. The molecule has 2 aliphatic heterocycles. The first-order chi connectivity index (χ1) is 12.8. The molecule has 0 aliphatic carbocycles. The molecule has 3 rings (SSSR count). The van der Waals surface area contributed by atoms with E-state index in [1.54, 1.807) is 23.6 Å². The number of rotatable bonds is 5. The second kappa shape index (κ2) is 7.40. The lowest BCUT2D eigenvalue weighted by Gasteiger charge is -2.29. The number of nitriles is 1. The van der Waals surface area contributed by atoms with Gasteiger partial charge in [0.15, 0.2) is 0 Å². The number of nitrogens with zero attached hydrogens (tertiary/aromatic N) is 2. The fraction of sp³-hybridized carbons (Fsp3) is 0.529. The third kappa shape index (κ3) is 3.37. The van der Waals surface area contributed by atoms with Crippen LogP contribution < -0.4 is 5.73 Å². The monoisotopic (exact) mass is 409 g/mol. The SMILES string of the molecule is CCOC(=O)c1sc(N)c(C#N)c1COC(=O)[C@@H]1CS[C@]2(C)CCC(=O)N12. The Kier molecular flexibility index (Phi) is 5.35. The molecule has 1 amide bonds. The zero-order valence-corrected chi connectivity index (χ0v) is 16.6. The van der Waals surface area contributed by atoms with Crippen LogP contribution in [-0.2, 0) is 25.7 Å². The third-order valence-electron chi connectivity index (χ3n) is 4.68. The Hall–Kier alpha value is -2.25. The third-order valence-corrected chi connectivity index (χ3v) is 7.23. The van der Waals surface area contributed by atoms with E-state index in [9.17, 15) is 19.6 Å². The summed E-state index contributed by atoms with van der Waals surface area (Å²) in [7, 11) is 0. The van der Waals surface area contributed by atoms with Crippen molar-refractivity contribution in [3.05, 3.63) is 16.0 Å². The minimum Gasteiger partial charge on any atom is -0.462 e. The molecular formula is C17H19N3O5S2. The first-order valence-corrected chi connectivity index (χ1v) is 10.2. The van der Waals surface area contributed by atoms with E-state index in [1.165, 1.54) is 0 Å². The minimum absolute atomic E-state index is 0.0610.